The number of hydrazine groups is 1. The molecule has 3 heterocycles. The average Bonchev–Trinajstić information content (AvgIpc) is 3.01. The standard InChI is InChI=1S/C21H25F2N3O4/c1-2-24-9-8-21(22,23)11-15(24)13-30-16-6-7-17-14(10-16)12-25(20(17)29)26-18(27)4-3-5-19(26)28/h6-7,10,15H,2-5,8-9,11-13H2,1H3. The molecule has 2 saturated heterocycles. The number of hydrogen-bond acceptors (Lipinski definition) is 5. The molecule has 3 amide bonds. The van der Waals surface area contributed by atoms with Gasteiger partial charge in [-0.2, -0.15) is 5.01 Å². The Balaban J connectivity index is 1.45. The number of piperidine rings is 2. The van der Waals surface area contributed by atoms with Crippen molar-refractivity contribution < 1.29 is 27.9 Å². The number of amides is 3. The molecule has 0 N–H and O–H groups in total. The molecule has 0 aliphatic carbocycles. The van der Waals surface area contributed by atoms with Gasteiger partial charge in [0.2, 0.25) is 11.8 Å². The zero-order valence-corrected chi connectivity index (χ0v) is 16.9. The first-order chi connectivity index (χ1) is 14.3. The van der Waals surface area contributed by atoms with Crippen LogP contribution in [0.1, 0.15) is 54.9 Å². The highest BCUT2D eigenvalue weighted by atomic mass is 19.3. The van der Waals surface area contributed by atoms with E-state index in [0.717, 1.165) is 5.01 Å². The average molecular weight is 421 g/mol. The van der Waals surface area contributed by atoms with Gasteiger partial charge in [-0.15, -0.1) is 0 Å². The van der Waals surface area contributed by atoms with Crippen molar-refractivity contribution in [2.75, 3.05) is 19.7 Å². The number of ether oxygens (including phenoxy) is 1. The zero-order valence-electron chi connectivity index (χ0n) is 16.9. The fourth-order valence-electron chi connectivity index (χ4n) is 4.38. The minimum absolute atomic E-state index is 0.103. The van der Waals surface area contributed by atoms with Crippen molar-refractivity contribution in [1.82, 2.24) is 14.9 Å². The van der Waals surface area contributed by atoms with Gasteiger partial charge < -0.3 is 4.74 Å². The van der Waals surface area contributed by atoms with Crippen LogP contribution in [-0.4, -0.2) is 64.3 Å². The van der Waals surface area contributed by atoms with Crippen LogP contribution in [0.25, 0.3) is 0 Å². The van der Waals surface area contributed by atoms with Crippen LogP contribution in [0.3, 0.4) is 0 Å². The summed E-state index contributed by atoms with van der Waals surface area (Å²) < 4.78 is 33.4. The zero-order chi connectivity index (χ0) is 21.5. The third-order valence-corrected chi connectivity index (χ3v) is 6.02. The number of carbonyl (C=O) groups is 3. The third-order valence-electron chi connectivity index (χ3n) is 6.02. The molecule has 0 spiro atoms. The number of halogens is 2. The largest absolute Gasteiger partial charge is 0.492 e. The van der Waals surface area contributed by atoms with E-state index >= 15 is 0 Å². The van der Waals surface area contributed by atoms with Crippen molar-refractivity contribution in [3.63, 3.8) is 0 Å². The van der Waals surface area contributed by atoms with Crippen molar-refractivity contribution in [2.45, 2.75) is 57.5 Å². The van der Waals surface area contributed by atoms with Gasteiger partial charge in [0.05, 0.1) is 6.54 Å². The molecule has 0 saturated carbocycles. The van der Waals surface area contributed by atoms with Crippen LogP contribution in [0.15, 0.2) is 18.2 Å². The van der Waals surface area contributed by atoms with E-state index in [1.807, 2.05) is 11.8 Å². The van der Waals surface area contributed by atoms with Gasteiger partial charge in [0.15, 0.2) is 0 Å². The molecule has 2 fully saturated rings. The predicted octanol–water partition coefficient (Wildman–Crippen LogP) is 2.59. The lowest BCUT2D eigenvalue weighted by Crippen LogP contribution is -2.51. The Morgan fingerprint density at radius 2 is 1.90 bits per heavy atom. The maximum atomic E-state index is 13.8. The van der Waals surface area contributed by atoms with Crippen molar-refractivity contribution in [2.24, 2.45) is 0 Å². The maximum Gasteiger partial charge on any atom is 0.273 e. The molecule has 0 aromatic heterocycles. The molecule has 1 aromatic carbocycles. The van der Waals surface area contributed by atoms with Crippen LogP contribution in [0, 0.1) is 0 Å². The fourth-order valence-corrected chi connectivity index (χ4v) is 4.38. The Kier molecular flexibility index (Phi) is 5.48. The van der Waals surface area contributed by atoms with E-state index in [4.69, 9.17) is 4.74 Å². The summed E-state index contributed by atoms with van der Waals surface area (Å²) in [4.78, 5) is 39.0. The Hall–Kier alpha value is -2.55. The third kappa shape index (κ3) is 3.90. The number of rotatable bonds is 5. The number of hydrogen-bond donors (Lipinski definition) is 0. The summed E-state index contributed by atoms with van der Waals surface area (Å²) >= 11 is 0. The van der Waals surface area contributed by atoms with Crippen LogP contribution >= 0.6 is 0 Å². The first-order valence-corrected chi connectivity index (χ1v) is 10.3. The van der Waals surface area contributed by atoms with Crippen molar-refractivity contribution in [3.8, 4) is 5.75 Å². The first kappa shape index (κ1) is 20.7. The van der Waals surface area contributed by atoms with E-state index in [2.05, 4.69) is 0 Å². The molecule has 3 aliphatic heterocycles. The van der Waals surface area contributed by atoms with Crippen LogP contribution in [0.5, 0.6) is 5.75 Å². The summed E-state index contributed by atoms with van der Waals surface area (Å²) in [7, 11) is 0. The summed E-state index contributed by atoms with van der Waals surface area (Å²) in [5, 5.41) is 2.13. The Labute approximate surface area is 173 Å². The van der Waals surface area contributed by atoms with E-state index in [0.29, 0.717) is 36.4 Å². The van der Waals surface area contributed by atoms with Gasteiger partial charge in [-0.05, 0) is 36.7 Å². The number of fused-ring (bicyclic) bond motifs is 1. The van der Waals surface area contributed by atoms with E-state index in [-0.39, 0.29) is 56.7 Å². The van der Waals surface area contributed by atoms with Gasteiger partial charge in [-0.1, -0.05) is 6.92 Å². The molecule has 1 atom stereocenters. The summed E-state index contributed by atoms with van der Waals surface area (Å²) in [6.45, 7) is 3.18. The summed E-state index contributed by atoms with van der Waals surface area (Å²) in [5.41, 5.74) is 1.05. The van der Waals surface area contributed by atoms with Crippen LogP contribution in [0.4, 0.5) is 8.78 Å². The topological polar surface area (TPSA) is 70.2 Å². The quantitative estimate of drug-likeness (QED) is 0.684. The van der Waals surface area contributed by atoms with Gasteiger partial charge >= 0.3 is 0 Å². The highest BCUT2D eigenvalue weighted by molar-refractivity contribution is 6.04. The van der Waals surface area contributed by atoms with Crippen molar-refractivity contribution in [3.05, 3.63) is 29.3 Å². The molecule has 162 valence electrons. The molecular weight excluding hydrogens is 396 g/mol. The second kappa shape index (κ2) is 7.94. The lowest BCUT2D eigenvalue weighted by atomic mass is 9.99. The van der Waals surface area contributed by atoms with E-state index < -0.39 is 11.8 Å². The molecule has 9 heteroatoms. The number of imide groups is 1. The second-order valence-electron chi connectivity index (χ2n) is 8.04. The highest BCUT2D eigenvalue weighted by Crippen LogP contribution is 2.33. The summed E-state index contributed by atoms with van der Waals surface area (Å²) in [6.07, 6.45) is 0.593. The number of alkyl halides is 2. The van der Waals surface area contributed by atoms with Crippen LogP contribution in [0.2, 0.25) is 0 Å². The SMILES string of the molecule is CCN1CCC(F)(F)CC1COc1ccc2c(c1)CN(N1C(=O)CCCC1=O)C2=O. The number of likely N-dealkylation sites (tertiary alicyclic amines) is 1. The monoisotopic (exact) mass is 421 g/mol. The minimum atomic E-state index is -2.68. The molecule has 0 radical (unpaired) electrons. The molecule has 1 unspecified atom stereocenters. The lowest BCUT2D eigenvalue weighted by molar-refractivity contribution is -0.163. The smallest absolute Gasteiger partial charge is 0.273 e. The van der Waals surface area contributed by atoms with Crippen LogP contribution in [-0.2, 0) is 16.1 Å². The molecule has 0 bridgehead atoms. The van der Waals surface area contributed by atoms with Gasteiger partial charge in [0.1, 0.15) is 12.4 Å². The number of nitrogens with zero attached hydrogens (tertiary/aromatic N) is 3. The van der Waals surface area contributed by atoms with E-state index in [9.17, 15) is 23.2 Å². The summed E-state index contributed by atoms with van der Waals surface area (Å²) in [5.74, 6) is -3.35. The molecule has 3 aliphatic rings. The van der Waals surface area contributed by atoms with Crippen molar-refractivity contribution in [1.29, 1.82) is 0 Å². The molecule has 7 nitrogen and oxygen atoms in total. The number of likely N-dealkylation sites (N-methyl/N-ethyl adjacent to an activating group) is 1. The predicted molar refractivity (Wildman–Crippen MR) is 103 cm³/mol. The maximum absolute atomic E-state index is 13.8. The number of carbonyl (C=O) groups excluding carboxylic acids is 3. The number of benzene rings is 1. The van der Waals surface area contributed by atoms with Crippen molar-refractivity contribution >= 4 is 17.7 Å². The fraction of sp³-hybridized carbons (Fsp3) is 0.571. The molecular formula is C21H25F2N3O4. The van der Waals surface area contributed by atoms with Gasteiger partial charge in [0, 0.05) is 43.8 Å². The van der Waals surface area contributed by atoms with Gasteiger partial charge in [-0.25, -0.2) is 13.8 Å². The molecule has 1 aromatic rings. The highest BCUT2D eigenvalue weighted by Gasteiger charge is 2.41. The van der Waals surface area contributed by atoms with Gasteiger partial charge in [-0.3, -0.25) is 19.3 Å². The second-order valence-corrected chi connectivity index (χ2v) is 8.04. The lowest BCUT2D eigenvalue weighted by Gasteiger charge is -2.38. The minimum Gasteiger partial charge on any atom is -0.492 e. The normalized spacial score (nSPS) is 24.4. The Morgan fingerprint density at radius 3 is 2.60 bits per heavy atom. The van der Waals surface area contributed by atoms with Gasteiger partial charge in [0.25, 0.3) is 11.8 Å². The van der Waals surface area contributed by atoms with Crippen LogP contribution < -0.4 is 4.74 Å². The molecule has 30 heavy (non-hydrogen) atoms. The first-order valence-electron chi connectivity index (χ1n) is 10.3. The summed E-state index contributed by atoms with van der Waals surface area (Å²) in [6, 6.07) is 4.52. The van der Waals surface area contributed by atoms with E-state index in [1.165, 1.54) is 5.01 Å². The Morgan fingerprint density at radius 1 is 1.17 bits per heavy atom. The molecule has 4 rings (SSSR count). The Bertz CT molecular complexity index is 860. The van der Waals surface area contributed by atoms with E-state index in [1.54, 1.807) is 18.2 Å².